The smallest absolute Gasteiger partial charge is 0.0974 e. The first-order valence-electron chi connectivity index (χ1n) is 25.8. The molecule has 0 radical (unpaired) electrons. The third kappa shape index (κ3) is 6.11. The molecule has 344 valence electrons. The summed E-state index contributed by atoms with van der Waals surface area (Å²) in [4.78, 5) is 8.73. The molecule has 2 aromatic carbocycles. The van der Waals surface area contributed by atoms with Crippen molar-refractivity contribution in [1.29, 1.82) is 0 Å². The number of fused-ring (bicyclic) bond motifs is 4. The number of methoxy groups -OCH3 is 1. The molecule has 4 saturated carbocycles. The van der Waals surface area contributed by atoms with E-state index in [1.165, 1.54) is 80.6 Å². The van der Waals surface area contributed by atoms with Crippen LogP contribution in [0.15, 0.2) is 120 Å². The molecule has 14 rings (SSSR count). The van der Waals surface area contributed by atoms with Gasteiger partial charge in [0.2, 0.25) is 0 Å². The lowest BCUT2D eigenvalue weighted by atomic mass is 9.58. The summed E-state index contributed by atoms with van der Waals surface area (Å²) in [5, 5.41) is 15.5. The normalized spacial score (nSPS) is 41.2. The molecule has 4 bridgehead atoms. The first-order valence-corrected chi connectivity index (χ1v) is 25.8. The van der Waals surface area contributed by atoms with Gasteiger partial charge in [0.25, 0.3) is 0 Å². The summed E-state index contributed by atoms with van der Waals surface area (Å²) < 4.78 is 26.0. The van der Waals surface area contributed by atoms with E-state index in [4.69, 9.17) is 18.9 Å². The van der Waals surface area contributed by atoms with Gasteiger partial charge in [-0.2, -0.15) is 0 Å². The first-order chi connectivity index (χ1) is 32.1. The van der Waals surface area contributed by atoms with Crippen LogP contribution < -0.4 is 0 Å². The van der Waals surface area contributed by atoms with Gasteiger partial charge >= 0.3 is 0 Å². The lowest BCUT2D eigenvalue weighted by Gasteiger charge is -2.54. The maximum Gasteiger partial charge on any atom is 0.0974 e. The number of hydrogen-bond acceptors (Lipinski definition) is 7. The Bertz CT molecular complexity index is 2740. The number of allylic oxidation sites excluding steroid dienone is 2. The molecule has 6 fully saturated rings. The molecule has 0 amide bonds. The molecule has 6 aliphatic carbocycles. The summed E-state index contributed by atoms with van der Waals surface area (Å²) in [6.45, 7) is 6.41. The highest BCUT2D eigenvalue weighted by Gasteiger charge is 2.68. The molecule has 6 heterocycles. The number of aliphatic hydroxyl groups is 1. The maximum absolute atomic E-state index is 10.4. The fourth-order valence-electron chi connectivity index (χ4n) is 16.9. The molecule has 4 aliphatic heterocycles. The van der Waals surface area contributed by atoms with Crippen molar-refractivity contribution in [2.75, 3.05) is 20.3 Å². The van der Waals surface area contributed by atoms with E-state index in [2.05, 4.69) is 96.7 Å². The minimum atomic E-state index is -0.213. The number of nitrogens with zero attached hydrogens (tertiary/aromatic N) is 2. The quantitative estimate of drug-likeness (QED) is 0.193. The minimum absolute atomic E-state index is 0.113. The lowest BCUT2D eigenvalue weighted by molar-refractivity contribution is -0.150. The zero-order valence-electron chi connectivity index (χ0n) is 39.4. The Balaban J connectivity index is 0.000000133. The Labute approximate surface area is 391 Å². The van der Waals surface area contributed by atoms with Gasteiger partial charge in [-0.05, 0) is 193 Å². The molecular weight excluding hydrogens is 817 g/mol. The third-order valence-corrected chi connectivity index (χ3v) is 20.1. The van der Waals surface area contributed by atoms with Crippen LogP contribution in [0.2, 0.25) is 0 Å². The number of benzene rings is 2. The molecule has 66 heavy (non-hydrogen) atoms. The van der Waals surface area contributed by atoms with E-state index in [0.717, 1.165) is 77.0 Å². The van der Waals surface area contributed by atoms with E-state index >= 15 is 0 Å². The molecular formula is C59H68N2O5. The molecule has 2 aromatic heterocycles. The van der Waals surface area contributed by atoms with Gasteiger partial charge in [0, 0.05) is 55.5 Å². The zero-order chi connectivity index (χ0) is 44.5. The second-order valence-electron chi connectivity index (χ2n) is 23.0. The second-order valence-corrected chi connectivity index (χ2v) is 23.0. The molecule has 1 N–H and O–H groups in total. The first kappa shape index (κ1) is 42.1. The van der Waals surface area contributed by atoms with Gasteiger partial charge in [-0.15, -0.1) is 0 Å². The van der Waals surface area contributed by atoms with Crippen molar-refractivity contribution in [3.8, 4) is 0 Å². The van der Waals surface area contributed by atoms with E-state index in [-0.39, 0.29) is 45.4 Å². The predicted molar refractivity (Wildman–Crippen MR) is 259 cm³/mol. The van der Waals surface area contributed by atoms with Crippen LogP contribution in [-0.4, -0.2) is 70.0 Å². The van der Waals surface area contributed by atoms with E-state index in [1.807, 2.05) is 24.8 Å². The Kier molecular flexibility index (Phi) is 9.75. The number of ether oxygens (including phenoxy) is 4. The summed E-state index contributed by atoms with van der Waals surface area (Å²) in [6, 6.07) is 18.3. The number of aromatic nitrogens is 2. The number of rotatable bonds is 6. The van der Waals surface area contributed by atoms with Crippen LogP contribution in [0.4, 0.5) is 0 Å². The Morgan fingerprint density at radius 2 is 1.17 bits per heavy atom. The monoisotopic (exact) mass is 885 g/mol. The van der Waals surface area contributed by atoms with Crippen LogP contribution in [0.25, 0.3) is 21.5 Å². The highest BCUT2D eigenvalue weighted by Crippen LogP contribution is 2.71. The van der Waals surface area contributed by atoms with Crippen LogP contribution in [0.3, 0.4) is 0 Å². The number of pyridine rings is 2. The van der Waals surface area contributed by atoms with Crippen molar-refractivity contribution in [3.05, 3.63) is 131 Å². The summed E-state index contributed by atoms with van der Waals surface area (Å²) in [5.41, 5.74) is 8.75. The van der Waals surface area contributed by atoms with Crippen molar-refractivity contribution in [2.24, 2.45) is 22.7 Å². The van der Waals surface area contributed by atoms with Gasteiger partial charge in [0.1, 0.15) is 0 Å². The molecule has 10 aliphatic rings. The lowest BCUT2D eigenvalue weighted by Crippen LogP contribution is -2.54. The second kappa shape index (κ2) is 15.3. The summed E-state index contributed by atoms with van der Waals surface area (Å²) in [7, 11) is 1.74. The number of aliphatic hydroxyl groups excluding tert-OH is 1. The molecule has 2 saturated heterocycles. The van der Waals surface area contributed by atoms with Crippen molar-refractivity contribution in [1.82, 2.24) is 9.97 Å². The maximum atomic E-state index is 10.4. The van der Waals surface area contributed by atoms with Gasteiger partial charge in [0.15, 0.2) is 0 Å². The SMILES string of the molecule is COCCO[C@H]1CCC2=CC3=CC[C@]4(C)[C@@H](c5ccc6ccncc6c5)CC[C@H]4C34CC[C@]2(C1)O4.C[C@]12CC=C3C=C4CC[C@H](O)C[C@]45CCC3(O5)[C@@H]1CC[C@@H]2c1ccc2ccncc2c1. The van der Waals surface area contributed by atoms with Gasteiger partial charge in [-0.1, -0.05) is 62.4 Å². The summed E-state index contributed by atoms with van der Waals surface area (Å²) >= 11 is 0. The fourth-order valence-corrected chi connectivity index (χ4v) is 16.9. The van der Waals surface area contributed by atoms with E-state index < -0.39 is 0 Å². The third-order valence-electron chi connectivity index (χ3n) is 20.1. The average Bonchev–Trinajstić information content (AvgIpc) is 4.06. The van der Waals surface area contributed by atoms with Gasteiger partial charge < -0.3 is 24.1 Å². The van der Waals surface area contributed by atoms with E-state index in [1.54, 1.807) is 7.11 Å². The van der Waals surface area contributed by atoms with Crippen molar-refractivity contribution in [3.63, 3.8) is 0 Å². The standard InChI is InChI=1S/C31H37NO3.C28H31NO2/c1-29-11-9-25-18-24-5-6-26(34-16-15-33-2)19-30(24)12-13-31(25,35-30)28(29)8-7-27(29)22-4-3-21-10-14-32-20-23(21)17-22;1-26-10-8-22-15-21-4-5-23(30)16-27(21)11-12-28(22,31-27)25(26)7-6-24(26)19-3-2-18-9-13-29-17-20(18)14-19/h3-4,9-10,14,17-18,20,26-28H,5-8,11-13,15-16,19H2,1-2H3;2-3,8-9,13-15,17,23-25,30H,4-7,10-12,16H2,1H3/t26-,27+,28+,29+,30+,31?;23-,24+,25+,26+,27+,28?/m00/s1. The Hall–Kier alpha value is -3.98. The number of hydrogen-bond donors (Lipinski definition) is 1. The van der Waals surface area contributed by atoms with Crippen LogP contribution in [0.1, 0.15) is 140 Å². The topological polar surface area (TPSA) is 82.9 Å². The van der Waals surface area contributed by atoms with Gasteiger partial charge in [-0.25, -0.2) is 0 Å². The predicted octanol–water partition coefficient (Wildman–Crippen LogP) is 12.3. The van der Waals surface area contributed by atoms with Crippen LogP contribution >= 0.6 is 0 Å². The van der Waals surface area contributed by atoms with E-state index in [0.29, 0.717) is 36.9 Å². The highest BCUT2D eigenvalue weighted by atomic mass is 16.5. The van der Waals surface area contributed by atoms with E-state index in [9.17, 15) is 5.11 Å². The van der Waals surface area contributed by atoms with Crippen molar-refractivity contribution < 1.29 is 24.1 Å². The van der Waals surface area contributed by atoms with Crippen molar-refractivity contribution >= 4 is 21.5 Å². The summed E-state index contributed by atoms with van der Waals surface area (Å²) in [5.74, 6) is 2.23. The molecule has 4 spiro atoms. The van der Waals surface area contributed by atoms with Crippen LogP contribution in [0.5, 0.6) is 0 Å². The van der Waals surface area contributed by atoms with Crippen LogP contribution in [0, 0.1) is 22.7 Å². The fraction of sp³-hybridized carbons (Fsp3) is 0.559. The molecule has 7 heteroatoms. The molecule has 2 unspecified atom stereocenters. The van der Waals surface area contributed by atoms with Gasteiger partial charge in [0.05, 0.1) is 47.8 Å². The Morgan fingerprint density at radius 3 is 1.73 bits per heavy atom. The average molecular weight is 885 g/mol. The molecule has 4 aromatic rings. The molecule has 12 atom stereocenters. The summed E-state index contributed by atoms with van der Waals surface area (Å²) in [6.07, 6.45) is 35.5. The van der Waals surface area contributed by atoms with Crippen molar-refractivity contribution in [2.45, 2.75) is 163 Å². The highest BCUT2D eigenvalue weighted by molar-refractivity contribution is 5.83. The van der Waals surface area contributed by atoms with Gasteiger partial charge in [-0.3, -0.25) is 9.97 Å². The van der Waals surface area contributed by atoms with Crippen LogP contribution in [-0.2, 0) is 18.9 Å². The molecule has 7 nitrogen and oxygen atoms in total. The zero-order valence-corrected chi connectivity index (χ0v) is 39.4. The largest absolute Gasteiger partial charge is 0.393 e. The Morgan fingerprint density at radius 1 is 0.621 bits per heavy atom. The minimum Gasteiger partial charge on any atom is -0.393 e.